The number of carbonyl (C=O) groups excluding carboxylic acids is 1. The lowest BCUT2D eigenvalue weighted by Gasteiger charge is -2.06. The van der Waals surface area contributed by atoms with E-state index in [0.29, 0.717) is 0 Å². The summed E-state index contributed by atoms with van der Waals surface area (Å²) in [5.74, 6) is -2.51. The Bertz CT molecular complexity index is 629. The molecule has 1 heterocycles. The number of anilines is 2. The molecule has 0 radical (unpaired) electrons. The maximum atomic E-state index is 13.0. The molecule has 7 heteroatoms. The first kappa shape index (κ1) is 13.2. The third-order valence-electron chi connectivity index (χ3n) is 2.25. The van der Waals surface area contributed by atoms with Crippen molar-refractivity contribution in [3.63, 3.8) is 0 Å². The van der Waals surface area contributed by atoms with Crippen molar-refractivity contribution in [3.05, 3.63) is 52.7 Å². The fourth-order valence-corrected chi connectivity index (χ4v) is 1.64. The molecule has 0 atom stereocenters. The van der Waals surface area contributed by atoms with Crippen LogP contribution in [0.3, 0.4) is 0 Å². The van der Waals surface area contributed by atoms with Gasteiger partial charge in [-0.3, -0.25) is 4.79 Å². The standard InChI is InChI=1S/C12H8ClF2N3O/c13-10-3-6(4-11(16)18-10)12(19)17-7-1-2-8(14)9(15)5-7/h1-5H,(H2,16,18)(H,17,19). The number of nitrogens with two attached hydrogens (primary N) is 1. The van der Waals surface area contributed by atoms with Crippen molar-refractivity contribution < 1.29 is 13.6 Å². The Hall–Kier alpha value is -2.21. The van der Waals surface area contributed by atoms with E-state index in [2.05, 4.69) is 10.3 Å². The lowest BCUT2D eigenvalue weighted by Crippen LogP contribution is -2.13. The predicted molar refractivity (Wildman–Crippen MR) is 68.0 cm³/mol. The van der Waals surface area contributed by atoms with Gasteiger partial charge >= 0.3 is 0 Å². The van der Waals surface area contributed by atoms with Crippen LogP contribution >= 0.6 is 11.6 Å². The highest BCUT2D eigenvalue weighted by Crippen LogP contribution is 2.16. The summed E-state index contributed by atoms with van der Waals surface area (Å²) in [5.41, 5.74) is 5.74. The maximum absolute atomic E-state index is 13.0. The molecule has 1 aromatic heterocycles. The van der Waals surface area contributed by atoms with Gasteiger partial charge in [-0.15, -0.1) is 0 Å². The van der Waals surface area contributed by atoms with Gasteiger partial charge in [-0.25, -0.2) is 13.8 Å². The van der Waals surface area contributed by atoms with Gasteiger partial charge in [-0.05, 0) is 24.3 Å². The number of benzene rings is 1. The topological polar surface area (TPSA) is 68.0 Å². The SMILES string of the molecule is Nc1cc(C(=O)Nc2ccc(F)c(F)c2)cc(Cl)n1. The number of amides is 1. The molecule has 4 nitrogen and oxygen atoms in total. The molecule has 2 rings (SSSR count). The van der Waals surface area contributed by atoms with Crippen LogP contribution in [-0.4, -0.2) is 10.9 Å². The van der Waals surface area contributed by atoms with Gasteiger partial charge in [0.25, 0.3) is 5.91 Å². The average molecular weight is 284 g/mol. The number of hydrogen-bond donors (Lipinski definition) is 2. The number of carbonyl (C=O) groups is 1. The van der Waals surface area contributed by atoms with Gasteiger partial charge < -0.3 is 11.1 Å². The average Bonchev–Trinajstić information content (AvgIpc) is 2.32. The summed E-state index contributed by atoms with van der Waals surface area (Å²) < 4.78 is 25.7. The molecule has 0 aliphatic carbocycles. The highest BCUT2D eigenvalue weighted by Gasteiger charge is 2.10. The summed E-state index contributed by atoms with van der Waals surface area (Å²) in [6, 6.07) is 5.66. The van der Waals surface area contributed by atoms with E-state index in [-0.39, 0.29) is 22.2 Å². The molecule has 1 aromatic carbocycles. The van der Waals surface area contributed by atoms with E-state index < -0.39 is 17.5 Å². The van der Waals surface area contributed by atoms with Crippen molar-refractivity contribution >= 4 is 29.0 Å². The van der Waals surface area contributed by atoms with Gasteiger partial charge in [0.15, 0.2) is 11.6 Å². The second kappa shape index (κ2) is 5.19. The molecule has 0 unspecified atom stereocenters. The molecule has 98 valence electrons. The van der Waals surface area contributed by atoms with E-state index in [1.54, 1.807) is 0 Å². The second-order valence-corrected chi connectivity index (χ2v) is 4.07. The first-order chi connectivity index (χ1) is 8.95. The quantitative estimate of drug-likeness (QED) is 0.833. The molecule has 0 saturated carbocycles. The number of pyridine rings is 1. The Morgan fingerprint density at radius 2 is 1.95 bits per heavy atom. The Kier molecular flexibility index (Phi) is 3.62. The Morgan fingerprint density at radius 3 is 2.58 bits per heavy atom. The minimum absolute atomic E-state index is 0.0652. The molecule has 19 heavy (non-hydrogen) atoms. The van der Waals surface area contributed by atoms with Crippen LogP contribution in [-0.2, 0) is 0 Å². The minimum atomic E-state index is -1.05. The lowest BCUT2D eigenvalue weighted by molar-refractivity contribution is 0.102. The van der Waals surface area contributed by atoms with Gasteiger partial charge in [-0.1, -0.05) is 11.6 Å². The Labute approximate surface area is 112 Å². The lowest BCUT2D eigenvalue weighted by atomic mass is 10.2. The number of nitrogens with one attached hydrogen (secondary N) is 1. The smallest absolute Gasteiger partial charge is 0.255 e. The maximum Gasteiger partial charge on any atom is 0.255 e. The summed E-state index contributed by atoms with van der Waals surface area (Å²) in [6.45, 7) is 0. The second-order valence-electron chi connectivity index (χ2n) is 3.69. The van der Waals surface area contributed by atoms with Crippen molar-refractivity contribution in [2.45, 2.75) is 0 Å². The van der Waals surface area contributed by atoms with Crippen LogP contribution in [0.25, 0.3) is 0 Å². The van der Waals surface area contributed by atoms with Gasteiger partial charge in [0, 0.05) is 17.3 Å². The largest absolute Gasteiger partial charge is 0.384 e. The third kappa shape index (κ3) is 3.17. The van der Waals surface area contributed by atoms with Gasteiger partial charge in [0.2, 0.25) is 0 Å². The zero-order chi connectivity index (χ0) is 14.0. The van der Waals surface area contributed by atoms with E-state index in [1.165, 1.54) is 18.2 Å². The highest BCUT2D eigenvalue weighted by molar-refractivity contribution is 6.30. The van der Waals surface area contributed by atoms with Gasteiger partial charge in [0.05, 0.1) is 0 Å². The summed E-state index contributed by atoms with van der Waals surface area (Å²) >= 11 is 5.66. The molecular weight excluding hydrogens is 276 g/mol. The minimum Gasteiger partial charge on any atom is -0.384 e. The number of halogens is 3. The third-order valence-corrected chi connectivity index (χ3v) is 2.45. The number of aromatic nitrogens is 1. The number of hydrogen-bond acceptors (Lipinski definition) is 3. The fourth-order valence-electron chi connectivity index (χ4n) is 1.43. The highest BCUT2D eigenvalue weighted by atomic mass is 35.5. The van der Waals surface area contributed by atoms with Crippen molar-refractivity contribution in [1.82, 2.24) is 4.98 Å². The predicted octanol–water partition coefficient (Wildman–Crippen LogP) is 2.85. The first-order valence-corrected chi connectivity index (χ1v) is 5.53. The van der Waals surface area contributed by atoms with E-state index in [9.17, 15) is 13.6 Å². The van der Waals surface area contributed by atoms with Crippen LogP contribution in [0.1, 0.15) is 10.4 Å². The van der Waals surface area contributed by atoms with Gasteiger partial charge in [-0.2, -0.15) is 0 Å². The van der Waals surface area contributed by atoms with Crippen LogP contribution in [0.4, 0.5) is 20.3 Å². The van der Waals surface area contributed by atoms with E-state index >= 15 is 0 Å². The molecule has 0 saturated heterocycles. The molecule has 3 N–H and O–H groups in total. The molecule has 0 aliphatic heterocycles. The summed E-state index contributed by atoms with van der Waals surface area (Å²) in [6.07, 6.45) is 0. The molecular formula is C12H8ClF2N3O. The Morgan fingerprint density at radius 1 is 1.21 bits per heavy atom. The first-order valence-electron chi connectivity index (χ1n) is 5.15. The molecule has 0 aliphatic rings. The van der Waals surface area contributed by atoms with Crippen molar-refractivity contribution in [2.24, 2.45) is 0 Å². The number of nitrogen functional groups attached to an aromatic ring is 1. The molecule has 1 amide bonds. The molecule has 2 aromatic rings. The Balaban J connectivity index is 2.22. The van der Waals surface area contributed by atoms with Crippen LogP contribution < -0.4 is 11.1 Å². The van der Waals surface area contributed by atoms with Crippen molar-refractivity contribution in [2.75, 3.05) is 11.1 Å². The summed E-state index contributed by atoms with van der Waals surface area (Å²) in [7, 11) is 0. The zero-order valence-corrected chi connectivity index (χ0v) is 10.2. The van der Waals surface area contributed by atoms with Crippen LogP contribution in [0.2, 0.25) is 5.15 Å². The van der Waals surface area contributed by atoms with E-state index in [0.717, 1.165) is 12.1 Å². The van der Waals surface area contributed by atoms with Crippen LogP contribution in [0, 0.1) is 11.6 Å². The van der Waals surface area contributed by atoms with Crippen molar-refractivity contribution in [1.29, 1.82) is 0 Å². The zero-order valence-electron chi connectivity index (χ0n) is 9.45. The fraction of sp³-hybridized carbons (Fsp3) is 0. The molecule has 0 bridgehead atoms. The number of rotatable bonds is 2. The monoisotopic (exact) mass is 283 g/mol. The molecule has 0 fully saturated rings. The van der Waals surface area contributed by atoms with E-state index in [4.69, 9.17) is 17.3 Å². The van der Waals surface area contributed by atoms with Crippen LogP contribution in [0.5, 0.6) is 0 Å². The number of nitrogens with zero attached hydrogens (tertiary/aromatic N) is 1. The summed E-state index contributed by atoms with van der Waals surface area (Å²) in [4.78, 5) is 15.5. The molecule has 0 spiro atoms. The van der Waals surface area contributed by atoms with Crippen LogP contribution in [0.15, 0.2) is 30.3 Å². The van der Waals surface area contributed by atoms with E-state index in [1.807, 2.05) is 0 Å². The van der Waals surface area contributed by atoms with Crippen molar-refractivity contribution in [3.8, 4) is 0 Å². The normalized spacial score (nSPS) is 10.3. The summed E-state index contributed by atoms with van der Waals surface area (Å²) in [5, 5.41) is 2.46. The van der Waals surface area contributed by atoms with Gasteiger partial charge in [0.1, 0.15) is 11.0 Å².